The van der Waals surface area contributed by atoms with Crippen LogP contribution in [-0.2, 0) is 9.59 Å². The van der Waals surface area contributed by atoms with Gasteiger partial charge in [0.15, 0.2) is 5.78 Å². The summed E-state index contributed by atoms with van der Waals surface area (Å²) in [6.45, 7) is 10.4. The van der Waals surface area contributed by atoms with Crippen LogP contribution in [0.3, 0.4) is 0 Å². The van der Waals surface area contributed by atoms with Crippen molar-refractivity contribution in [3.05, 3.63) is 11.6 Å². The lowest BCUT2D eigenvalue weighted by molar-refractivity contribution is -0.145. The van der Waals surface area contributed by atoms with Crippen LogP contribution in [0, 0.1) is 40.4 Å². The average molecular weight is 475 g/mol. The number of aliphatic carboxylic acids is 1. The summed E-state index contributed by atoms with van der Waals surface area (Å²) in [5.41, 5.74) is -0.642. The van der Waals surface area contributed by atoms with E-state index < -0.39 is 17.2 Å². The number of hydrogen-bond acceptors (Lipinski definition) is 4. The second-order valence-electron chi connectivity index (χ2n) is 13.5. The monoisotopic (exact) mass is 474 g/mol. The third-order valence-electron chi connectivity index (χ3n) is 11.0. The minimum Gasteiger partial charge on any atom is -0.481 e. The lowest BCUT2D eigenvalue weighted by atomic mass is 9.46. The predicted octanol–water partition coefficient (Wildman–Crippen LogP) is 5.53. The summed E-state index contributed by atoms with van der Waals surface area (Å²) in [7, 11) is 0. The lowest BCUT2D eigenvalue weighted by Crippen LogP contribution is -2.52. The number of carboxylic acids is 1. The molecule has 0 aromatic heterocycles. The molecule has 0 amide bonds. The van der Waals surface area contributed by atoms with Gasteiger partial charge in [-0.15, -0.1) is 0 Å². The fourth-order valence-corrected chi connectivity index (χ4v) is 8.99. The van der Waals surface area contributed by atoms with Crippen molar-refractivity contribution in [2.75, 3.05) is 0 Å². The van der Waals surface area contributed by atoms with E-state index >= 15 is 0 Å². The summed E-state index contributed by atoms with van der Waals surface area (Å²) in [6.07, 6.45) is 11.5. The van der Waals surface area contributed by atoms with Gasteiger partial charge in [0, 0.05) is 6.42 Å². The number of ketones is 1. The first-order chi connectivity index (χ1) is 15.7. The molecule has 0 aromatic rings. The molecule has 4 aliphatic carbocycles. The van der Waals surface area contributed by atoms with Crippen molar-refractivity contribution in [1.29, 1.82) is 0 Å². The first-order valence-corrected chi connectivity index (χ1v) is 13.6. The van der Waals surface area contributed by atoms with Gasteiger partial charge in [0.05, 0.1) is 12.0 Å². The van der Waals surface area contributed by atoms with Gasteiger partial charge >= 0.3 is 5.97 Å². The van der Waals surface area contributed by atoms with Crippen molar-refractivity contribution in [1.82, 2.24) is 0 Å². The molecule has 0 aromatic carbocycles. The number of carboxylic acid groups (broad SMARTS) is 1. The second-order valence-corrected chi connectivity index (χ2v) is 13.5. The van der Waals surface area contributed by atoms with Crippen LogP contribution in [0.25, 0.3) is 0 Å². The summed E-state index contributed by atoms with van der Waals surface area (Å²) in [5, 5.41) is 30.3. The smallest absolute Gasteiger partial charge is 0.306 e. The number of allylic oxidation sites excluding steroid dienone is 1. The molecule has 0 bridgehead atoms. The highest BCUT2D eigenvalue weighted by molar-refractivity contribution is 5.86. The maximum absolute atomic E-state index is 12.3. The van der Waals surface area contributed by atoms with Crippen molar-refractivity contribution < 1.29 is 24.9 Å². The van der Waals surface area contributed by atoms with Crippen LogP contribution in [0.4, 0.5) is 0 Å². The van der Waals surface area contributed by atoms with E-state index in [2.05, 4.69) is 26.8 Å². The zero-order valence-corrected chi connectivity index (χ0v) is 21.9. The van der Waals surface area contributed by atoms with Crippen LogP contribution in [0.5, 0.6) is 0 Å². The van der Waals surface area contributed by atoms with Gasteiger partial charge in [-0.2, -0.15) is 0 Å². The zero-order valence-electron chi connectivity index (χ0n) is 21.9. The van der Waals surface area contributed by atoms with Crippen LogP contribution < -0.4 is 0 Å². The van der Waals surface area contributed by atoms with Crippen LogP contribution >= 0.6 is 0 Å². The molecule has 8 atom stereocenters. The molecule has 34 heavy (non-hydrogen) atoms. The number of hydrogen-bond donors (Lipinski definition) is 3. The molecule has 0 heterocycles. The van der Waals surface area contributed by atoms with Crippen LogP contribution in [0.2, 0.25) is 0 Å². The van der Waals surface area contributed by atoms with E-state index in [1.165, 1.54) is 31.3 Å². The van der Waals surface area contributed by atoms with Gasteiger partial charge in [-0.05, 0) is 112 Å². The first-order valence-electron chi connectivity index (χ1n) is 13.6. The molecule has 0 saturated heterocycles. The number of fused-ring (bicyclic) bond motifs is 5. The molecule has 4 rings (SSSR count). The summed E-state index contributed by atoms with van der Waals surface area (Å²) in [6, 6.07) is 0. The van der Waals surface area contributed by atoms with Gasteiger partial charge in [0.1, 0.15) is 5.60 Å². The lowest BCUT2D eigenvalue weighted by Gasteiger charge is -2.59. The molecule has 5 nitrogen and oxygen atoms in total. The average Bonchev–Trinajstić information content (AvgIpc) is 3.08. The largest absolute Gasteiger partial charge is 0.481 e. The van der Waals surface area contributed by atoms with E-state index in [1.54, 1.807) is 13.8 Å². The van der Waals surface area contributed by atoms with E-state index in [4.69, 9.17) is 0 Å². The minimum atomic E-state index is -1.24. The Morgan fingerprint density at radius 1 is 1.12 bits per heavy atom. The maximum Gasteiger partial charge on any atom is 0.306 e. The molecule has 0 radical (unpaired) electrons. The van der Waals surface area contributed by atoms with Gasteiger partial charge in [-0.1, -0.05) is 32.4 Å². The third-order valence-corrected chi connectivity index (χ3v) is 11.0. The fraction of sp³-hybridized carbons (Fsp3) is 0.862. The fourth-order valence-electron chi connectivity index (χ4n) is 8.99. The topological polar surface area (TPSA) is 94.8 Å². The Morgan fingerprint density at radius 3 is 2.47 bits per heavy atom. The highest BCUT2D eigenvalue weighted by atomic mass is 16.4. The number of aliphatic hydroxyl groups is 2. The summed E-state index contributed by atoms with van der Waals surface area (Å²) >= 11 is 0. The highest BCUT2D eigenvalue weighted by Crippen LogP contribution is 2.67. The van der Waals surface area contributed by atoms with Crippen LogP contribution in [0.15, 0.2) is 11.6 Å². The predicted molar refractivity (Wildman–Crippen MR) is 132 cm³/mol. The molecular formula is C29H46O5. The number of carbonyl (C=O) groups excluding carboxylic acids is 1. The summed E-state index contributed by atoms with van der Waals surface area (Å²) in [4.78, 5) is 23.6. The van der Waals surface area contributed by atoms with Crippen molar-refractivity contribution in [3.63, 3.8) is 0 Å². The molecule has 0 spiro atoms. The Morgan fingerprint density at radius 2 is 1.82 bits per heavy atom. The molecular weight excluding hydrogens is 428 g/mol. The Hall–Kier alpha value is -1.20. The minimum absolute atomic E-state index is 0.0548. The van der Waals surface area contributed by atoms with E-state index in [-0.39, 0.29) is 17.6 Å². The molecule has 0 unspecified atom stereocenters. The molecule has 3 fully saturated rings. The van der Waals surface area contributed by atoms with Gasteiger partial charge in [0.25, 0.3) is 0 Å². The van der Waals surface area contributed by atoms with E-state index in [0.717, 1.165) is 19.3 Å². The van der Waals surface area contributed by atoms with Gasteiger partial charge in [-0.25, -0.2) is 0 Å². The third kappa shape index (κ3) is 4.40. The first kappa shape index (κ1) is 25.9. The Labute approximate surface area is 205 Å². The zero-order chi connectivity index (χ0) is 25.1. The van der Waals surface area contributed by atoms with Gasteiger partial charge < -0.3 is 15.3 Å². The maximum atomic E-state index is 12.3. The number of carbonyl (C=O) groups is 2. The normalized spacial score (nSPS) is 42.7. The van der Waals surface area contributed by atoms with E-state index in [1.807, 2.05) is 0 Å². The highest BCUT2D eigenvalue weighted by Gasteiger charge is 2.60. The van der Waals surface area contributed by atoms with Gasteiger partial charge in [-0.3, -0.25) is 9.59 Å². The quantitative estimate of drug-likeness (QED) is 0.422. The summed E-state index contributed by atoms with van der Waals surface area (Å²) < 4.78 is 0. The second kappa shape index (κ2) is 8.73. The molecule has 0 aliphatic heterocycles. The van der Waals surface area contributed by atoms with E-state index in [9.17, 15) is 24.9 Å². The van der Waals surface area contributed by atoms with Crippen molar-refractivity contribution >= 4 is 11.8 Å². The van der Waals surface area contributed by atoms with Crippen molar-refractivity contribution in [2.45, 2.75) is 116 Å². The van der Waals surface area contributed by atoms with Gasteiger partial charge in [0.2, 0.25) is 0 Å². The van der Waals surface area contributed by atoms with Crippen molar-refractivity contribution in [2.24, 2.45) is 40.4 Å². The molecule has 192 valence electrons. The Balaban J connectivity index is 1.48. The standard InChI is InChI=1S/C29H46O5/c1-18(6-11-24(30)26(2,3)33)21-9-10-22-20-8-7-19-16-29(34,17-25(31)32)15-14-27(19,4)23(20)12-13-28(21,22)5/h7,18,20-23,33-34H,6,8-17H2,1-5H3,(H,31,32)/t18-,20+,21-,22+,23+,27+,28-,29-/m1/s1. The SMILES string of the molecule is C[C@H](CCC(=O)C(C)(C)O)[C@H]1CC[C@H]2[C@@H]3CC=C4C[C@@](O)(CC(=O)O)CC[C@]4(C)[C@H]3CC[C@]12C. The number of Topliss-reactive ketones (excluding diaryl/α,β-unsaturated/α-hetero) is 1. The Kier molecular flexibility index (Phi) is 6.64. The number of rotatable bonds is 7. The molecule has 3 saturated carbocycles. The van der Waals surface area contributed by atoms with E-state index in [0.29, 0.717) is 54.3 Å². The molecule has 4 aliphatic rings. The van der Waals surface area contributed by atoms with Crippen LogP contribution in [-0.4, -0.2) is 38.3 Å². The Bertz CT molecular complexity index is 855. The molecule has 5 heteroatoms. The van der Waals surface area contributed by atoms with Crippen molar-refractivity contribution in [3.8, 4) is 0 Å². The summed E-state index contributed by atoms with van der Waals surface area (Å²) in [5.74, 6) is 2.10. The molecule has 3 N–H and O–H groups in total. The van der Waals surface area contributed by atoms with Crippen LogP contribution in [0.1, 0.15) is 105 Å².